The minimum Gasteiger partial charge on any atom is -0.489 e. The van der Waals surface area contributed by atoms with E-state index in [1.54, 1.807) is 11.3 Å². The fourth-order valence-corrected chi connectivity index (χ4v) is 2.89. The molecule has 0 N–H and O–H groups in total. The van der Waals surface area contributed by atoms with E-state index in [1.165, 1.54) is 0 Å². The van der Waals surface area contributed by atoms with E-state index in [0.717, 1.165) is 26.5 Å². The zero-order valence-electron chi connectivity index (χ0n) is 10.6. The Morgan fingerprint density at radius 1 is 1.05 bits per heavy atom. The van der Waals surface area contributed by atoms with E-state index in [1.807, 2.05) is 47.8 Å². The third-order valence-corrected chi connectivity index (χ3v) is 4.22. The monoisotopic (exact) mass is 345 g/mol. The highest BCUT2D eigenvalue weighted by Gasteiger charge is 2.04. The van der Waals surface area contributed by atoms with Gasteiger partial charge >= 0.3 is 0 Å². The van der Waals surface area contributed by atoms with Crippen LogP contribution in [0.1, 0.15) is 5.56 Å². The van der Waals surface area contributed by atoms with Gasteiger partial charge in [-0.3, -0.25) is 0 Å². The molecule has 3 aromatic rings. The second-order valence-electron chi connectivity index (χ2n) is 4.29. The largest absolute Gasteiger partial charge is 0.489 e. The van der Waals surface area contributed by atoms with Crippen LogP contribution in [0, 0.1) is 0 Å². The van der Waals surface area contributed by atoms with Gasteiger partial charge in [0.25, 0.3) is 0 Å². The lowest BCUT2D eigenvalue weighted by molar-refractivity contribution is 0.306. The van der Waals surface area contributed by atoms with Crippen molar-refractivity contribution >= 4 is 27.3 Å². The van der Waals surface area contributed by atoms with Crippen molar-refractivity contribution in [2.24, 2.45) is 0 Å². The fraction of sp³-hybridized carbons (Fsp3) is 0.0625. The number of thiazole rings is 1. The van der Waals surface area contributed by atoms with Gasteiger partial charge in [0.05, 0.1) is 5.69 Å². The minimum atomic E-state index is 0.574. The van der Waals surface area contributed by atoms with Gasteiger partial charge in [-0.05, 0) is 33.6 Å². The third-order valence-electron chi connectivity index (χ3n) is 2.85. The molecule has 4 heteroatoms. The molecule has 1 aromatic heterocycles. The molecule has 0 fully saturated rings. The van der Waals surface area contributed by atoms with Crippen LogP contribution in [-0.4, -0.2) is 4.98 Å². The van der Waals surface area contributed by atoms with Crippen molar-refractivity contribution in [3.63, 3.8) is 0 Å². The summed E-state index contributed by atoms with van der Waals surface area (Å²) in [7, 11) is 0. The molecule has 2 aromatic carbocycles. The van der Waals surface area contributed by atoms with Crippen LogP contribution in [0.15, 0.2) is 63.9 Å². The summed E-state index contributed by atoms with van der Waals surface area (Å²) in [5.41, 5.74) is 3.19. The van der Waals surface area contributed by atoms with Crippen LogP contribution in [0.4, 0.5) is 0 Å². The van der Waals surface area contributed by atoms with Gasteiger partial charge in [-0.25, -0.2) is 4.98 Å². The molecule has 0 saturated heterocycles. The summed E-state index contributed by atoms with van der Waals surface area (Å²) in [6, 6.07) is 18.2. The highest BCUT2D eigenvalue weighted by molar-refractivity contribution is 9.11. The maximum atomic E-state index is 5.82. The zero-order valence-corrected chi connectivity index (χ0v) is 13.0. The first-order valence-electron chi connectivity index (χ1n) is 6.19. The lowest BCUT2D eigenvalue weighted by Gasteiger charge is -2.07. The number of ether oxygens (including phenoxy) is 1. The van der Waals surface area contributed by atoms with Crippen molar-refractivity contribution in [1.82, 2.24) is 4.98 Å². The summed E-state index contributed by atoms with van der Waals surface area (Å²) < 4.78 is 6.72. The molecule has 0 atom stereocenters. The Balaban J connectivity index is 1.75. The van der Waals surface area contributed by atoms with Crippen molar-refractivity contribution in [3.05, 3.63) is 69.5 Å². The Morgan fingerprint density at radius 2 is 1.90 bits per heavy atom. The lowest BCUT2D eigenvalue weighted by Crippen LogP contribution is -1.95. The molecule has 0 spiro atoms. The summed E-state index contributed by atoms with van der Waals surface area (Å²) in [5.74, 6) is 0.857. The molecule has 0 bridgehead atoms. The van der Waals surface area contributed by atoms with Gasteiger partial charge in [-0.1, -0.05) is 42.5 Å². The molecular weight excluding hydrogens is 334 g/mol. The molecule has 2 nitrogen and oxygen atoms in total. The predicted molar refractivity (Wildman–Crippen MR) is 86.0 cm³/mol. The predicted octanol–water partition coefficient (Wildman–Crippen LogP) is 5.15. The van der Waals surface area contributed by atoms with Crippen molar-refractivity contribution in [2.45, 2.75) is 6.61 Å². The normalized spacial score (nSPS) is 10.4. The summed E-state index contributed by atoms with van der Waals surface area (Å²) in [4.78, 5) is 4.42. The molecule has 0 aliphatic carbocycles. The van der Waals surface area contributed by atoms with Gasteiger partial charge in [0, 0.05) is 10.9 Å². The number of hydrogen-bond acceptors (Lipinski definition) is 3. The number of aromatic nitrogens is 1. The molecule has 100 valence electrons. The highest BCUT2D eigenvalue weighted by atomic mass is 79.9. The second-order valence-corrected chi connectivity index (χ2v) is 6.42. The molecule has 0 amide bonds. The van der Waals surface area contributed by atoms with Crippen molar-refractivity contribution in [1.29, 1.82) is 0 Å². The second kappa shape index (κ2) is 6.20. The molecule has 3 rings (SSSR count). The number of benzene rings is 2. The molecule has 0 radical (unpaired) electrons. The number of rotatable bonds is 4. The molecular formula is C16H12BrNOS. The standard InChI is InChI=1S/C16H12BrNOS/c17-16-18-15(11-20-16)13-7-4-8-14(9-13)19-10-12-5-2-1-3-6-12/h1-9,11H,10H2. The molecule has 0 aliphatic rings. The first kappa shape index (κ1) is 13.3. The van der Waals surface area contributed by atoms with Gasteiger partial charge in [0.1, 0.15) is 12.4 Å². The quantitative estimate of drug-likeness (QED) is 0.652. The minimum absolute atomic E-state index is 0.574. The summed E-state index contributed by atoms with van der Waals surface area (Å²) in [6.45, 7) is 0.574. The first-order valence-corrected chi connectivity index (χ1v) is 7.87. The molecule has 0 unspecified atom stereocenters. The molecule has 0 aliphatic heterocycles. The Kier molecular flexibility index (Phi) is 4.14. The van der Waals surface area contributed by atoms with Gasteiger partial charge in [-0.2, -0.15) is 0 Å². The maximum Gasteiger partial charge on any atom is 0.159 e. The summed E-state index contributed by atoms with van der Waals surface area (Å²) >= 11 is 4.97. The van der Waals surface area contributed by atoms with Crippen LogP contribution < -0.4 is 4.74 Å². The van der Waals surface area contributed by atoms with Crippen molar-refractivity contribution in [2.75, 3.05) is 0 Å². The van der Waals surface area contributed by atoms with E-state index in [4.69, 9.17) is 4.74 Å². The van der Waals surface area contributed by atoms with Gasteiger partial charge in [0.15, 0.2) is 3.92 Å². The van der Waals surface area contributed by atoms with E-state index >= 15 is 0 Å². The number of hydrogen-bond donors (Lipinski definition) is 0. The smallest absolute Gasteiger partial charge is 0.159 e. The van der Waals surface area contributed by atoms with Crippen LogP contribution in [-0.2, 0) is 6.61 Å². The molecule has 20 heavy (non-hydrogen) atoms. The number of halogens is 1. The average Bonchev–Trinajstić information content (AvgIpc) is 2.93. The number of nitrogens with zero attached hydrogens (tertiary/aromatic N) is 1. The Bertz CT molecular complexity index is 696. The average molecular weight is 346 g/mol. The lowest BCUT2D eigenvalue weighted by atomic mass is 10.1. The highest BCUT2D eigenvalue weighted by Crippen LogP contribution is 2.27. The Labute approximate surface area is 130 Å². The van der Waals surface area contributed by atoms with E-state index < -0.39 is 0 Å². The van der Waals surface area contributed by atoms with Crippen molar-refractivity contribution in [3.8, 4) is 17.0 Å². The molecule has 0 saturated carbocycles. The van der Waals surface area contributed by atoms with Crippen LogP contribution in [0.3, 0.4) is 0 Å². The van der Waals surface area contributed by atoms with Gasteiger partial charge in [0.2, 0.25) is 0 Å². The van der Waals surface area contributed by atoms with E-state index in [0.29, 0.717) is 6.61 Å². The van der Waals surface area contributed by atoms with Crippen LogP contribution >= 0.6 is 27.3 Å². The van der Waals surface area contributed by atoms with Crippen LogP contribution in [0.5, 0.6) is 5.75 Å². The van der Waals surface area contributed by atoms with Crippen LogP contribution in [0.25, 0.3) is 11.3 Å². The Hall–Kier alpha value is -1.65. The topological polar surface area (TPSA) is 22.1 Å². The van der Waals surface area contributed by atoms with Gasteiger partial charge in [-0.15, -0.1) is 11.3 Å². The molecule has 1 heterocycles. The van der Waals surface area contributed by atoms with Crippen molar-refractivity contribution < 1.29 is 4.74 Å². The Morgan fingerprint density at radius 3 is 2.65 bits per heavy atom. The maximum absolute atomic E-state index is 5.82. The van der Waals surface area contributed by atoms with E-state index in [9.17, 15) is 0 Å². The zero-order chi connectivity index (χ0) is 13.8. The van der Waals surface area contributed by atoms with E-state index in [2.05, 4.69) is 33.0 Å². The fourth-order valence-electron chi connectivity index (χ4n) is 1.87. The summed E-state index contributed by atoms with van der Waals surface area (Å²) in [6.07, 6.45) is 0. The van der Waals surface area contributed by atoms with Gasteiger partial charge < -0.3 is 4.74 Å². The SMILES string of the molecule is Brc1nc(-c2cccc(OCc3ccccc3)c2)cs1. The van der Waals surface area contributed by atoms with Crippen LogP contribution in [0.2, 0.25) is 0 Å². The third kappa shape index (κ3) is 3.26. The first-order chi connectivity index (χ1) is 9.81. The summed E-state index contributed by atoms with van der Waals surface area (Å²) in [5, 5.41) is 2.03. The van der Waals surface area contributed by atoms with E-state index in [-0.39, 0.29) is 0 Å².